The number of urea groups is 1. The fourth-order valence-electron chi connectivity index (χ4n) is 1.36. The molecule has 0 unspecified atom stereocenters. The minimum atomic E-state index is -1.20. The van der Waals surface area contributed by atoms with Crippen LogP contribution in [-0.2, 0) is 4.79 Å². The number of carbonyl (C=O) groups is 2. The topological polar surface area (TPSA) is 64.1 Å². The predicted octanol–water partition coefficient (Wildman–Crippen LogP) is 0.785. The number of nitrogens with zero attached hydrogens (tertiary/aromatic N) is 3. The van der Waals surface area contributed by atoms with E-state index in [1.165, 1.54) is 25.8 Å². The third-order valence-electron chi connectivity index (χ3n) is 3.07. The van der Waals surface area contributed by atoms with Crippen LogP contribution in [0.15, 0.2) is 0 Å². The van der Waals surface area contributed by atoms with E-state index < -0.39 is 11.5 Å². The molecular formula is C12H25N3O3. The van der Waals surface area contributed by atoms with Gasteiger partial charge in [0.1, 0.15) is 5.54 Å². The highest BCUT2D eigenvalue weighted by Crippen LogP contribution is 2.14. The van der Waals surface area contributed by atoms with Gasteiger partial charge in [0.25, 0.3) is 0 Å². The standard InChI is InChI=1S/C12H25N3O3/c1-12(2,10(16)17)15(6)11(18)14(5)9-7-8-13(3)4/h7-9H2,1-6H3,(H,16,17). The average Bonchev–Trinajstić information content (AvgIpc) is 2.25. The van der Waals surface area contributed by atoms with Gasteiger partial charge in [-0.05, 0) is 40.9 Å². The van der Waals surface area contributed by atoms with Crippen LogP contribution in [-0.4, -0.2) is 78.6 Å². The van der Waals surface area contributed by atoms with E-state index in [0.29, 0.717) is 6.54 Å². The zero-order valence-electron chi connectivity index (χ0n) is 12.2. The quantitative estimate of drug-likeness (QED) is 0.766. The summed E-state index contributed by atoms with van der Waals surface area (Å²) in [5.74, 6) is -1.01. The van der Waals surface area contributed by atoms with E-state index in [9.17, 15) is 9.59 Å². The lowest BCUT2D eigenvalue weighted by molar-refractivity contribution is -0.147. The highest BCUT2D eigenvalue weighted by molar-refractivity contribution is 5.85. The molecule has 0 radical (unpaired) electrons. The van der Waals surface area contributed by atoms with Crippen molar-refractivity contribution in [3.8, 4) is 0 Å². The maximum absolute atomic E-state index is 12.0. The highest BCUT2D eigenvalue weighted by Gasteiger charge is 2.36. The first-order chi connectivity index (χ1) is 8.10. The number of amides is 2. The van der Waals surface area contributed by atoms with Crippen LogP contribution in [0.1, 0.15) is 20.3 Å². The molecule has 0 aromatic heterocycles. The smallest absolute Gasteiger partial charge is 0.329 e. The molecular weight excluding hydrogens is 234 g/mol. The normalized spacial score (nSPS) is 11.5. The van der Waals surface area contributed by atoms with Crippen molar-refractivity contribution in [1.82, 2.24) is 14.7 Å². The van der Waals surface area contributed by atoms with Gasteiger partial charge in [0.05, 0.1) is 0 Å². The van der Waals surface area contributed by atoms with Crippen molar-refractivity contribution in [2.45, 2.75) is 25.8 Å². The molecule has 2 amide bonds. The van der Waals surface area contributed by atoms with Gasteiger partial charge in [-0.2, -0.15) is 0 Å². The Morgan fingerprint density at radius 3 is 1.94 bits per heavy atom. The van der Waals surface area contributed by atoms with Gasteiger partial charge < -0.3 is 19.8 Å². The first-order valence-corrected chi connectivity index (χ1v) is 5.97. The summed E-state index contributed by atoms with van der Waals surface area (Å²) in [6.07, 6.45) is 0.858. The van der Waals surface area contributed by atoms with Crippen LogP contribution in [0.5, 0.6) is 0 Å². The van der Waals surface area contributed by atoms with Gasteiger partial charge in [0.2, 0.25) is 0 Å². The van der Waals surface area contributed by atoms with Crippen LogP contribution >= 0.6 is 0 Å². The molecule has 0 bridgehead atoms. The minimum Gasteiger partial charge on any atom is -0.480 e. The number of carbonyl (C=O) groups excluding carboxylic acids is 1. The van der Waals surface area contributed by atoms with Crippen molar-refractivity contribution >= 4 is 12.0 Å². The zero-order chi connectivity index (χ0) is 14.5. The molecule has 6 nitrogen and oxygen atoms in total. The number of rotatable bonds is 6. The van der Waals surface area contributed by atoms with Gasteiger partial charge in [0.15, 0.2) is 0 Å². The second-order valence-electron chi connectivity index (χ2n) is 5.28. The van der Waals surface area contributed by atoms with Gasteiger partial charge in [-0.1, -0.05) is 0 Å². The first kappa shape index (κ1) is 16.7. The molecule has 0 aliphatic carbocycles. The number of carboxylic acids is 1. The van der Waals surface area contributed by atoms with Crippen LogP contribution < -0.4 is 0 Å². The Balaban J connectivity index is 4.42. The summed E-state index contributed by atoms with van der Waals surface area (Å²) in [5, 5.41) is 9.07. The summed E-state index contributed by atoms with van der Waals surface area (Å²) < 4.78 is 0. The van der Waals surface area contributed by atoms with E-state index in [-0.39, 0.29) is 6.03 Å². The fraction of sp³-hybridized carbons (Fsp3) is 0.833. The maximum atomic E-state index is 12.0. The van der Waals surface area contributed by atoms with E-state index in [1.807, 2.05) is 19.0 Å². The van der Waals surface area contributed by atoms with Crippen LogP contribution in [0.2, 0.25) is 0 Å². The second-order valence-corrected chi connectivity index (χ2v) is 5.28. The summed E-state index contributed by atoms with van der Waals surface area (Å²) in [5.41, 5.74) is -1.20. The third-order valence-corrected chi connectivity index (χ3v) is 3.07. The maximum Gasteiger partial charge on any atom is 0.329 e. The SMILES string of the molecule is CN(C)CCCN(C)C(=O)N(C)C(C)(C)C(=O)O. The summed E-state index contributed by atoms with van der Waals surface area (Å²) in [6.45, 7) is 4.53. The molecule has 0 aliphatic rings. The first-order valence-electron chi connectivity index (χ1n) is 5.97. The minimum absolute atomic E-state index is 0.277. The van der Waals surface area contributed by atoms with Gasteiger partial charge in [-0.25, -0.2) is 9.59 Å². The number of likely N-dealkylation sites (N-methyl/N-ethyl adjacent to an activating group) is 1. The van der Waals surface area contributed by atoms with E-state index >= 15 is 0 Å². The van der Waals surface area contributed by atoms with Crippen molar-refractivity contribution < 1.29 is 14.7 Å². The van der Waals surface area contributed by atoms with Crippen LogP contribution in [0, 0.1) is 0 Å². The van der Waals surface area contributed by atoms with Crippen molar-refractivity contribution in [1.29, 1.82) is 0 Å². The van der Waals surface area contributed by atoms with E-state index in [0.717, 1.165) is 13.0 Å². The zero-order valence-corrected chi connectivity index (χ0v) is 12.2. The van der Waals surface area contributed by atoms with E-state index in [1.54, 1.807) is 11.9 Å². The largest absolute Gasteiger partial charge is 0.480 e. The summed E-state index contributed by atoms with van der Waals surface area (Å²) in [6, 6.07) is -0.277. The highest BCUT2D eigenvalue weighted by atomic mass is 16.4. The van der Waals surface area contributed by atoms with Crippen molar-refractivity contribution in [2.24, 2.45) is 0 Å². The lowest BCUT2D eigenvalue weighted by Gasteiger charge is -2.34. The molecule has 6 heteroatoms. The van der Waals surface area contributed by atoms with Gasteiger partial charge >= 0.3 is 12.0 Å². The Labute approximate surface area is 109 Å². The Morgan fingerprint density at radius 1 is 1.06 bits per heavy atom. The average molecular weight is 259 g/mol. The van der Waals surface area contributed by atoms with E-state index in [2.05, 4.69) is 0 Å². The monoisotopic (exact) mass is 259 g/mol. The molecule has 0 rings (SSSR count). The van der Waals surface area contributed by atoms with E-state index in [4.69, 9.17) is 5.11 Å². The lowest BCUT2D eigenvalue weighted by Crippen LogP contribution is -2.54. The number of hydrogen-bond donors (Lipinski definition) is 1. The Kier molecular flexibility index (Phi) is 6.11. The van der Waals surface area contributed by atoms with Crippen LogP contribution in [0.4, 0.5) is 4.79 Å². The van der Waals surface area contributed by atoms with Crippen LogP contribution in [0.25, 0.3) is 0 Å². The molecule has 0 saturated carbocycles. The second kappa shape index (κ2) is 6.58. The molecule has 1 N–H and O–H groups in total. The summed E-state index contributed by atoms with van der Waals surface area (Å²) in [4.78, 5) is 28.0. The Hall–Kier alpha value is -1.30. The lowest BCUT2D eigenvalue weighted by atomic mass is 10.0. The summed E-state index contributed by atoms with van der Waals surface area (Å²) in [7, 11) is 7.15. The molecule has 0 aromatic rings. The predicted molar refractivity (Wildman–Crippen MR) is 70.7 cm³/mol. The summed E-state index contributed by atoms with van der Waals surface area (Å²) >= 11 is 0. The molecule has 0 fully saturated rings. The van der Waals surface area contributed by atoms with Gasteiger partial charge in [-0.3, -0.25) is 0 Å². The molecule has 0 atom stereocenters. The van der Waals surface area contributed by atoms with Crippen molar-refractivity contribution in [3.05, 3.63) is 0 Å². The third kappa shape index (κ3) is 4.52. The Morgan fingerprint density at radius 2 is 1.56 bits per heavy atom. The molecule has 0 aliphatic heterocycles. The molecule has 0 heterocycles. The molecule has 18 heavy (non-hydrogen) atoms. The van der Waals surface area contributed by atoms with Crippen molar-refractivity contribution in [3.63, 3.8) is 0 Å². The number of carboxylic acid groups (broad SMARTS) is 1. The Bertz CT molecular complexity index is 303. The molecule has 0 spiro atoms. The molecule has 0 saturated heterocycles. The van der Waals surface area contributed by atoms with Crippen molar-refractivity contribution in [2.75, 3.05) is 41.3 Å². The van der Waals surface area contributed by atoms with Gasteiger partial charge in [0, 0.05) is 20.6 Å². The molecule has 0 aromatic carbocycles. The number of aliphatic carboxylic acids is 1. The number of hydrogen-bond acceptors (Lipinski definition) is 3. The fourth-order valence-corrected chi connectivity index (χ4v) is 1.36. The van der Waals surface area contributed by atoms with Crippen LogP contribution in [0.3, 0.4) is 0 Å². The molecule has 106 valence electrons. The van der Waals surface area contributed by atoms with Gasteiger partial charge in [-0.15, -0.1) is 0 Å².